The number of nitrogens with zero attached hydrogens (tertiary/aromatic N) is 1. The Hall–Kier alpha value is -2.92. The number of aromatic nitrogens is 1. The van der Waals surface area contributed by atoms with Gasteiger partial charge in [0.05, 0.1) is 12.3 Å². The third kappa shape index (κ3) is 5.53. The number of hydrogen-bond acceptors (Lipinski definition) is 4. The van der Waals surface area contributed by atoms with Gasteiger partial charge in [0.25, 0.3) is 0 Å². The second-order valence-corrected chi connectivity index (χ2v) is 6.28. The maximum Gasteiger partial charge on any atom is 0.220 e. The zero-order valence-electron chi connectivity index (χ0n) is 15.4. The number of benzene rings is 2. The number of amides is 1. The lowest BCUT2D eigenvalue weighted by atomic mass is 10.1. The fraction of sp³-hybridized carbons (Fsp3) is 0.273. The molecule has 0 saturated carbocycles. The SMILES string of the molecule is COC(CNC(=O)CCCc1ncc(-c2ccccc2)o1)c1ccccc1. The first-order chi connectivity index (χ1) is 13.3. The molecule has 3 aromatic rings. The van der Waals surface area contributed by atoms with Gasteiger partial charge in [-0.3, -0.25) is 4.79 Å². The van der Waals surface area contributed by atoms with Crippen LogP contribution in [0.3, 0.4) is 0 Å². The van der Waals surface area contributed by atoms with E-state index in [2.05, 4.69) is 10.3 Å². The van der Waals surface area contributed by atoms with Crippen molar-refractivity contribution in [2.24, 2.45) is 0 Å². The van der Waals surface area contributed by atoms with Crippen molar-refractivity contribution in [1.29, 1.82) is 0 Å². The third-order valence-corrected chi connectivity index (χ3v) is 4.35. The predicted octanol–water partition coefficient (Wildman–Crippen LogP) is 4.17. The van der Waals surface area contributed by atoms with E-state index in [0.29, 0.717) is 31.7 Å². The smallest absolute Gasteiger partial charge is 0.220 e. The summed E-state index contributed by atoms with van der Waals surface area (Å²) in [5.41, 5.74) is 2.05. The average Bonchev–Trinajstić information content (AvgIpc) is 3.19. The highest BCUT2D eigenvalue weighted by Gasteiger charge is 2.12. The van der Waals surface area contributed by atoms with Gasteiger partial charge in [-0.2, -0.15) is 0 Å². The summed E-state index contributed by atoms with van der Waals surface area (Å²) in [6.07, 6.45) is 3.33. The molecule has 0 spiro atoms. The van der Waals surface area contributed by atoms with Gasteiger partial charge in [-0.15, -0.1) is 0 Å². The van der Waals surface area contributed by atoms with Crippen LogP contribution in [-0.2, 0) is 16.0 Å². The van der Waals surface area contributed by atoms with Crippen molar-refractivity contribution in [2.45, 2.75) is 25.4 Å². The van der Waals surface area contributed by atoms with Crippen molar-refractivity contribution in [2.75, 3.05) is 13.7 Å². The van der Waals surface area contributed by atoms with E-state index in [0.717, 1.165) is 16.9 Å². The number of aryl methyl sites for hydroxylation is 1. The van der Waals surface area contributed by atoms with Crippen molar-refractivity contribution in [3.63, 3.8) is 0 Å². The van der Waals surface area contributed by atoms with Gasteiger partial charge in [-0.1, -0.05) is 60.7 Å². The Bertz CT molecular complexity index is 831. The molecule has 1 unspecified atom stereocenters. The number of hydrogen-bond donors (Lipinski definition) is 1. The largest absolute Gasteiger partial charge is 0.441 e. The second kappa shape index (κ2) is 9.69. The predicted molar refractivity (Wildman–Crippen MR) is 104 cm³/mol. The molecule has 0 saturated heterocycles. The Labute approximate surface area is 159 Å². The van der Waals surface area contributed by atoms with Crippen molar-refractivity contribution in [1.82, 2.24) is 10.3 Å². The molecule has 0 fully saturated rings. The quantitative estimate of drug-likeness (QED) is 0.619. The summed E-state index contributed by atoms with van der Waals surface area (Å²) in [6, 6.07) is 19.7. The number of ether oxygens (including phenoxy) is 1. The number of oxazole rings is 1. The van der Waals surface area contributed by atoms with Gasteiger partial charge in [0.15, 0.2) is 11.7 Å². The van der Waals surface area contributed by atoms with Crippen LogP contribution in [-0.4, -0.2) is 24.5 Å². The van der Waals surface area contributed by atoms with Crippen molar-refractivity contribution >= 4 is 5.91 Å². The summed E-state index contributed by atoms with van der Waals surface area (Å²) in [4.78, 5) is 16.4. The maximum absolute atomic E-state index is 12.1. The van der Waals surface area contributed by atoms with Crippen LogP contribution in [0.1, 0.15) is 30.4 Å². The van der Waals surface area contributed by atoms with Crippen LogP contribution in [0.15, 0.2) is 71.3 Å². The molecule has 0 aliphatic rings. The van der Waals surface area contributed by atoms with Crippen LogP contribution in [0.4, 0.5) is 0 Å². The van der Waals surface area contributed by atoms with Crippen molar-refractivity contribution in [3.8, 4) is 11.3 Å². The highest BCUT2D eigenvalue weighted by Crippen LogP contribution is 2.20. The van der Waals surface area contributed by atoms with Crippen LogP contribution in [0, 0.1) is 0 Å². The van der Waals surface area contributed by atoms with Crippen molar-refractivity contribution < 1.29 is 13.9 Å². The Kier molecular flexibility index (Phi) is 6.77. The lowest BCUT2D eigenvalue weighted by Crippen LogP contribution is -2.29. The summed E-state index contributed by atoms with van der Waals surface area (Å²) in [5, 5.41) is 2.93. The standard InChI is InChI=1S/C22H24N2O3/c1-26-19(17-9-4-2-5-10-17)15-23-21(25)13-8-14-22-24-16-20(27-22)18-11-6-3-7-12-18/h2-7,9-12,16,19H,8,13-15H2,1H3,(H,23,25). The van der Waals surface area contributed by atoms with Gasteiger partial charge in [0.2, 0.25) is 5.91 Å². The van der Waals surface area contributed by atoms with Crippen molar-refractivity contribution in [3.05, 3.63) is 78.3 Å². The molecule has 1 N–H and O–H groups in total. The number of carbonyl (C=O) groups is 1. The van der Waals surface area contributed by atoms with E-state index in [1.54, 1.807) is 13.3 Å². The summed E-state index contributed by atoms with van der Waals surface area (Å²) >= 11 is 0. The highest BCUT2D eigenvalue weighted by atomic mass is 16.5. The molecule has 1 amide bonds. The minimum atomic E-state index is -0.143. The van der Waals surface area contributed by atoms with Gasteiger partial charge < -0.3 is 14.5 Å². The summed E-state index contributed by atoms with van der Waals surface area (Å²) in [7, 11) is 1.65. The Balaban J connectivity index is 1.41. The van der Waals surface area contributed by atoms with E-state index in [-0.39, 0.29) is 12.0 Å². The van der Waals surface area contributed by atoms with Gasteiger partial charge in [-0.05, 0) is 12.0 Å². The molecule has 0 bridgehead atoms. The van der Waals surface area contributed by atoms with E-state index >= 15 is 0 Å². The fourth-order valence-corrected chi connectivity index (χ4v) is 2.86. The molecular formula is C22H24N2O3. The molecule has 0 radical (unpaired) electrons. The topological polar surface area (TPSA) is 64.4 Å². The van der Waals surface area contributed by atoms with Gasteiger partial charge in [-0.25, -0.2) is 4.98 Å². The number of carbonyl (C=O) groups excluding carboxylic acids is 1. The van der Waals surface area contributed by atoms with E-state index in [1.807, 2.05) is 60.7 Å². The number of rotatable bonds is 9. The highest BCUT2D eigenvalue weighted by molar-refractivity contribution is 5.75. The summed E-state index contributed by atoms with van der Waals surface area (Å²) in [5.74, 6) is 1.41. The first-order valence-corrected chi connectivity index (χ1v) is 9.11. The molecule has 1 aromatic heterocycles. The molecule has 0 aliphatic carbocycles. The van der Waals surface area contributed by atoms with Gasteiger partial charge in [0, 0.05) is 32.1 Å². The molecule has 5 nitrogen and oxygen atoms in total. The molecule has 27 heavy (non-hydrogen) atoms. The summed E-state index contributed by atoms with van der Waals surface area (Å²) in [6.45, 7) is 0.455. The van der Waals surface area contributed by atoms with Crippen LogP contribution in [0.5, 0.6) is 0 Å². The maximum atomic E-state index is 12.1. The lowest BCUT2D eigenvalue weighted by Gasteiger charge is -2.16. The minimum absolute atomic E-state index is 0.00261. The van der Waals surface area contributed by atoms with Gasteiger partial charge in [0.1, 0.15) is 0 Å². The van der Waals surface area contributed by atoms with Crippen LogP contribution in [0.2, 0.25) is 0 Å². The van der Waals surface area contributed by atoms with E-state index < -0.39 is 0 Å². The Morgan fingerprint density at radius 3 is 2.52 bits per heavy atom. The molecule has 140 valence electrons. The van der Waals surface area contributed by atoms with E-state index in [1.165, 1.54) is 0 Å². The Morgan fingerprint density at radius 1 is 1.11 bits per heavy atom. The average molecular weight is 364 g/mol. The fourth-order valence-electron chi connectivity index (χ4n) is 2.86. The monoisotopic (exact) mass is 364 g/mol. The minimum Gasteiger partial charge on any atom is -0.441 e. The molecule has 3 rings (SSSR count). The number of methoxy groups -OCH3 is 1. The van der Waals surface area contributed by atoms with E-state index in [4.69, 9.17) is 9.15 Å². The zero-order chi connectivity index (χ0) is 18.9. The summed E-state index contributed by atoms with van der Waals surface area (Å²) < 4.78 is 11.2. The molecule has 1 heterocycles. The van der Waals surface area contributed by atoms with Crippen LogP contribution in [0.25, 0.3) is 11.3 Å². The molecule has 2 aromatic carbocycles. The molecule has 0 aliphatic heterocycles. The van der Waals surface area contributed by atoms with Crippen LogP contribution < -0.4 is 5.32 Å². The second-order valence-electron chi connectivity index (χ2n) is 6.28. The van der Waals surface area contributed by atoms with E-state index in [9.17, 15) is 4.79 Å². The molecule has 1 atom stereocenters. The first-order valence-electron chi connectivity index (χ1n) is 9.11. The van der Waals surface area contributed by atoms with Gasteiger partial charge >= 0.3 is 0 Å². The molecule has 5 heteroatoms. The third-order valence-electron chi connectivity index (χ3n) is 4.35. The Morgan fingerprint density at radius 2 is 1.81 bits per heavy atom. The zero-order valence-corrected chi connectivity index (χ0v) is 15.4. The normalized spacial score (nSPS) is 11.9. The number of nitrogens with one attached hydrogen (secondary N) is 1. The van der Waals surface area contributed by atoms with Crippen LogP contribution >= 0.6 is 0 Å². The molecular weight excluding hydrogens is 340 g/mol. The first kappa shape index (κ1) is 18.9. The lowest BCUT2D eigenvalue weighted by molar-refractivity contribution is -0.121.